The van der Waals surface area contributed by atoms with Crippen LogP contribution < -0.4 is 10.4 Å². The van der Waals surface area contributed by atoms with Gasteiger partial charge in [0.05, 0.1) is 13.2 Å². The number of aliphatic hydroxyl groups excluding tert-OH is 1. The molecule has 0 saturated heterocycles. The summed E-state index contributed by atoms with van der Waals surface area (Å²) in [7, 11) is -2.47. The van der Waals surface area contributed by atoms with Gasteiger partial charge in [0.1, 0.15) is 0 Å². The van der Waals surface area contributed by atoms with E-state index in [9.17, 15) is 0 Å². The molecular weight excluding hydrogens is 432 g/mol. The summed E-state index contributed by atoms with van der Waals surface area (Å²) in [6.45, 7) is 14.1. The van der Waals surface area contributed by atoms with Crippen molar-refractivity contribution in [2.75, 3.05) is 13.2 Å². The van der Waals surface area contributed by atoms with Crippen LogP contribution in [0.4, 0.5) is 0 Å². The van der Waals surface area contributed by atoms with Gasteiger partial charge < -0.3 is 9.53 Å². The summed E-state index contributed by atoms with van der Waals surface area (Å²) in [5.74, 6) is 0. The van der Waals surface area contributed by atoms with Gasteiger partial charge in [0, 0.05) is 0 Å². The Labute approximate surface area is 209 Å². The monoisotopic (exact) mass is 476 g/mol. The molecule has 2 aromatic carbocycles. The quantitative estimate of drug-likeness (QED) is 0.265. The minimum atomic E-state index is -2.47. The van der Waals surface area contributed by atoms with Gasteiger partial charge in [-0.05, 0) is 61.9 Å². The predicted molar refractivity (Wildman–Crippen MR) is 150 cm³/mol. The first-order chi connectivity index (χ1) is 16.2. The van der Waals surface area contributed by atoms with E-state index >= 15 is 0 Å². The molecular formula is C31H44O2Si. The highest BCUT2D eigenvalue weighted by Crippen LogP contribution is 2.36. The molecule has 2 rings (SSSR count). The molecule has 0 bridgehead atoms. The summed E-state index contributed by atoms with van der Waals surface area (Å²) in [6.07, 6.45) is 10.9. The normalized spacial score (nSPS) is 13.9. The van der Waals surface area contributed by atoms with Crippen molar-refractivity contribution in [1.29, 1.82) is 0 Å². The summed E-state index contributed by atoms with van der Waals surface area (Å²) in [5, 5.41) is 11.7. The smallest absolute Gasteiger partial charge is 0.261 e. The Kier molecular flexibility index (Phi) is 11.2. The second kappa shape index (κ2) is 13.6. The first-order valence-corrected chi connectivity index (χ1v) is 14.4. The van der Waals surface area contributed by atoms with Gasteiger partial charge in [-0.25, -0.2) is 0 Å². The van der Waals surface area contributed by atoms with Gasteiger partial charge in [-0.15, -0.1) is 0 Å². The van der Waals surface area contributed by atoms with E-state index in [1.807, 2.05) is 6.92 Å². The fraction of sp³-hybridized carbons (Fsp3) is 0.419. The zero-order valence-corrected chi connectivity index (χ0v) is 23.1. The van der Waals surface area contributed by atoms with Crippen LogP contribution in [0.5, 0.6) is 0 Å². The lowest BCUT2D eigenvalue weighted by Gasteiger charge is -2.42. The van der Waals surface area contributed by atoms with Crippen LogP contribution in [0.3, 0.4) is 0 Å². The molecule has 0 aliphatic rings. The van der Waals surface area contributed by atoms with Crippen molar-refractivity contribution >= 4 is 18.7 Å². The molecule has 0 atom stereocenters. The van der Waals surface area contributed by atoms with Crippen molar-refractivity contribution in [2.24, 2.45) is 0 Å². The molecule has 1 N–H and O–H groups in total. The van der Waals surface area contributed by atoms with Gasteiger partial charge in [-0.2, -0.15) is 0 Å². The average molecular weight is 477 g/mol. The van der Waals surface area contributed by atoms with Crippen molar-refractivity contribution in [3.8, 4) is 0 Å². The molecule has 0 aliphatic heterocycles. The molecule has 0 heterocycles. The number of hydrogen-bond donors (Lipinski definition) is 1. The van der Waals surface area contributed by atoms with Crippen LogP contribution in [0.25, 0.3) is 0 Å². The van der Waals surface area contributed by atoms with E-state index in [1.165, 1.54) is 21.5 Å². The van der Waals surface area contributed by atoms with E-state index in [4.69, 9.17) is 9.53 Å². The van der Waals surface area contributed by atoms with Crippen molar-refractivity contribution in [3.05, 3.63) is 95.6 Å². The van der Waals surface area contributed by atoms with Gasteiger partial charge >= 0.3 is 0 Å². The number of hydrogen-bond acceptors (Lipinski definition) is 2. The Morgan fingerprint density at radius 3 is 1.62 bits per heavy atom. The molecule has 184 valence electrons. The topological polar surface area (TPSA) is 29.5 Å². The number of benzene rings is 2. The Balaban J connectivity index is 2.10. The minimum absolute atomic E-state index is 0.000127. The van der Waals surface area contributed by atoms with Crippen LogP contribution >= 0.6 is 0 Å². The largest absolute Gasteiger partial charge is 0.404 e. The second-order valence-corrected chi connectivity index (χ2v) is 14.7. The molecule has 3 heteroatoms. The highest BCUT2D eigenvalue weighted by molar-refractivity contribution is 6.99. The Hall–Kier alpha value is -2.20. The predicted octanol–water partition coefficient (Wildman–Crippen LogP) is 6.95. The molecule has 0 radical (unpaired) electrons. The summed E-state index contributed by atoms with van der Waals surface area (Å²) < 4.78 is 6.97. The number of aliphatic hydroxyl groups is 1. The van der Waals surface area contributed by atoms with Crippen LogP contribution in [-0.2, 0) is 4.43 Å². The third kappa shape index (κ3) is 7.94. The third-order valence-electron chi connectivity index (χ3n) is 6.46. The first kappa shape index (κ1) is 28.0. The van der Waals surface area contributed by atoms with Crippen LogP contribution in [0.15, 0.2) is 95.6 Å². The molecule has 2 nitrogen and oxygen atoms in total. The standard InChI is InChI=1S/C31H44O2Si/c1-26(16-14-18-28(3)25-32)15-13-17-27(2)23-24-33-34(31(4,5)6,29-19-9-7-10-20-29)30-21-11-8-12-22-30/h7-12,15,18-23,32H,13-14,16-17,24-25H2,1-6H3/b26-15+,27-23+,28-18+. The lowest BCUT2D eigenvalue weighted by molar-refractivity contribution is 0.331. The van der Waals surface area contributed by atoms with Gasteiger partial charge in [0.25, 0.3) is 8.32 Å². The SMILES string of the molecule is C/C(=C\CC/C(C)=C/CC/C(C)=C/CO[Si](c1ccccc1)(c1ccccc1)C(C)(C)C)CO. The van der Waals surface area contributed by atoms with Crippen LogP contribution in [0.2, 0.25) is 5.04 Å². The molecule has 2 aromatic rings. The summed E-state index contributed by atoms with van der Waals surface area (Å²) >= 11 is 0. The Morgan fingerprint density at radius 1 is 0.735 bits per heavy atom. The maximum Gasteiger partial charge on any atom is 0.261 e. The third-order valence-corrected chi connectivity index (χ3v) is 11.5. The first-order valence-electron chi connectivity index (χ1n) is 12.5. The van der Waals surface area contributed by atoms with Crippen molar-refractivity contribution in [3.63, 3.8) is 0 Å². The number of rotatable bonds is 12. The zero-order valence-electron chi connectivity index (χ0n) is 22.1. The van der Waals surface area contributed by atoms with E-state index < -0.39 is 8.32 Å². The highest BCUT2D eigenvalue weighted by atomic mass is 28.4. The molecule has 0 aliphatic carbocycles. The average Bonchev–Trinajstić information content (AvgIpc) is 2.82. The van der Waals surface area contributed by atoms with Crippen LogP contribution in [-0.4, -0.2) is 26.6 Å². The van der Waals surface area contributed by atoms with E-state index in [0.717, 1.165) is 31.3 Å². The van der Waals surface area contributed by atoms with Crippen molar-refractivity contribution in [2.45, 2.75) is 72.3 Å². The summed E-state index contributed by atoms with van der Waals surface area (Å²) in [6, 6.07) is 21.7. The van der Waals surface area contributed by atoms with Gasteiger partial charge in [0.2, 0.25) is 0 Å². The second-order valence-electron chi connectivity index (χ2n) is 10.4. The van der Waals surface area contributed by atoms with Crippen LogP contribution in [0, 0.1) is 0 Å². The lowest BCUT2D eigenvalue weighted by atomic mass is 10.1. The number of allylic oxidation sites excluding steroid dienone is 4. The summed E-state index contributed by atoms with van der Waals surface area (Å²) in [5.41, 5.74) is 3.84. The van der Waals surface area contributed by atoms with E-state index in [-0.39, 0.29) is 11.6 Å². The maximum absolute atomic E-state index is 9.10. The molecule has 34 heavy (non-hydrogen) atoms. The molecule has 0 amide bonds. The molecule has 0 spiro atoms. The Bertz CT molecular complexity index is 910. The van der Waals surface area contributed by atoms with Gasteiger partial charge in [-0.3, -0.25) is 0 Å². The molecule has 0 aromatic heterocycles. The summed E-state index contributed by atoms with van der Waals surface area (Å²) in [4.78, 5) is 0. The Morgan fingerprint density at radius 2 is 1.18 bits per heavy atom. The van der Waals surface area contributed by atoms with E-state index in [0.29, 0.717) is 6.61 Å². The highest BCUT2D eigenvalue weighted by Gasteiger charge is 2.49. The molecule has 0 fully saturated rings. The van der Waals surface area contributed by atoms with E-state index in [2.05, 4.69) is 114 Å². The minimum Gasteiger partial charge on any atom is -0.404 e. The molecule has 0 unspecified atom stereocenters. The van der Waals surface area contributed by atoms with Crippen LogP contribution in [0.1, 0.15) is 67.2 Å². The zero-order chi connectivity index (χ0) is 25.0. The van der Waals surface area contributed by atoms with Gasteiger partial charge in [-0.1, -0.05) is 116 Å². The maximum atomic E-state index is 9.10. The molecule has 0 saturated carbocycles. The van der Waals surface area contributed by atoms with Gasteiger partial charge in [0.15, 0.2) is 0 Å². The lowest BCUT2D eigenvalue weighted by Crippen LogP contribution is -2.66. The fourth-order valence-corrected chi connectivity index (χ4v) is 8.92. The van der Waals surface area contributed by atoms with Crippen molar-refractivity contribution in [1.82, 2.24) is 0 Å². The fourth-order valence-electron chi connectivity index (χ4n) is 4.43. The van der Waals surface area contributed by atoms with Crippen molar-refractivity contribution < 1.29 is 9.53 Å². The van der Waals surface area contributed by atoms with E-state index in [1.54, 1.807) is 0 Å².